The maximum atomic E-state index is 12.9. The Kier molecular flexibility index (Phi) is 4.89. The summed E-state index contributed by atoms with van der Waals surface area (Å²) in [5.41, 5.74) is 3.31. The molecule has 2 heterocycles. The quantitative estimate of drug-likeness (QED) is 0.539. The molecule has 7 nitrogen and oxygen atoms in total. The van der Waals surface area contributed by atoms with Crippen LogP contribution in [0.25, 0.3) is 16.7 Å². The molecular weight excluding hydrogens is 352 g/mol. The highest BCUT2D eigenvalue weighted by molar-refractivity contribution is 5.94. The molecule has 0 unspecified atom stereocenters. The molecule has 2 aromatic heterocycles. The van der Waals surface area contributed by atoms with E-state index in [0.717, 1.165) is 29.0 Å². The van der Waals surface area contributed by atoms with Crippen LogP contribution in [-0.2, 0) is 0 Å². The molecule has 0 aliphatic carbocycles. The molecule has 0 saturated carbocycles. The van der Waals surface area contributed by atoms with E-state index in [9.17, 15) is 4.79 Å². The highest BCUT2D eigenvalue weighted by Gasteiger charge is 2.24. The topological polar surface area (TPSA) is 88.5 Å². The zero-order valence-electron chi connectivity index (χ0n) is 15.8. The Morgan fingerprint density at radius 1 is 1.18 bits per heavy atom. The fourth-order valence-electron chi connectivity index (χ4n) is 3.17. The average molecular weight is 374 g/mol. The van der Waals surface area contributed by atoms with Gasteiger partial charge in [-0.05, 0) is 42.3 Å². The van der Waals surface area contributed by atoms with E-state index in [2.05, 4.69) is 39.4 Å². The predicted molar refractivity (Wildman–Crippen MR) is 107 cm³/mol. The monoisotopic (exact) mass is 374 g/mol. The van der Waals surface area contributed by atoms with Gasteiger partial charge in [-0.1, -0.05) is 37.6 Å². The molecule has 4 rings (SSSR count). The van der Waals surface area contributed by atoms with Crippen LogP contribution in [0.2, 0.25) is 0 Å². The summed E-state index contributed by atoms with van der Waals surface area (Å²) in [5, 5.41) is 10.9. The number of carbonyl (C=O) groups excluding carboxylic acids is 1. The highest BCUT2D eigenvalue weighted by atomic mass is 16.1. The van der Waals surface area contributed by atoms with Gasteiger partial charge in [-0.2, -0.15) is 0 Å². The van der Waals surface area contributed by atoms with Gasteiger partial charge in [-0.15, -0.1) is 5.10 Å². The van der Waals surface area contributed by atoms with Crippen LogP contribution in [-0.4, -0.2) is 30.9 Å². The van der Waals surface area contributed by atoms with Gasteiger partial charge in [-0.3, -0.25) is 4.79 Å². The number of hydrogen-bond donors (Lipinski definition) is 2. The summed E-state index contributed by atoms with van der Waals surface area (Å²) in [7, 11) is 0. The Hall–Kier alpha value is -3.48. The van der Waals surface area contributed by atoms with Crippen molar-refractivity contribution in [1.82, 2.24) is 30.3 Å². The second kappa shape index (κ2) is 7.64. The first-order chi connectivity index (χ1) is 13.7. The minimum Gasteiger partial charge on any atom is -0.342 e. The highest BCUT2D eigenvalue weighted by Crippen LogP contribution is 2.25. The first-order valence-electron chi connectivity index (χ1n) is 9.38. The zero-order valence-corrected chi connectivity index (χ0v) is 15.8. The number of imidazole rings is 1. The molecule has 0 fully saturated rings. The first kappa shape index (κ1) is 17.9. The third kappa shape index (κ3) is 3.51. The molecule has 2 N–H and O–H groups in total. The Morgan fingerprint density at radius 3 is 2.64 bits per heavy atom. The van der Waals surface area contributed by atoms with E-state index < -0.39 is 0 Å². The fourth-order valence-corrected chi connectivity index (χ4v) is 3.17. The Balaban J connectivity index is 1.57. The van der Waals surface area contributed by atoms with Crippen LogP contribution in [0.15, 0.2) is 60.9 Å². The van der Waals surface area contributed by atoms with Crippen molar-refractivity contribution in [2.45, 2.75) is 26.3 Å². The second-order valence-corrected chi connectivity index (χ2v) is 6.87. The van der Waals surface area contributed by atoms with Crippen LogP contribution >= 0.6 is 0 Å². The van der Waals surface area contributed by atoms with Gasteiger partial charge >= 0.3 is 0 Å². The molecule has 0 aliphatic rings. The van der Waals surface area contributed by atoms with E-state index in [1.165, 1.54) is 0 Å². The molecular formula is C21H22N6O. The summed E-state index contributed by atoms with van der Waals surface area (Å²) < 4.78 is 1.65. The SMILES string of the molecule is CC[C@H](C)[C@@H](NC(=O)c1ccc(-n2ccnn2)cc1)c1nc2ccccc2[nH]1. The van der Waals surface area contributed by atoms with E-state index >= 15 is 0 Å². The number of aromatic nitrogens is 5. The zero-order chi connectivity index (χ0) is 19.5. The number of nitrogens with one attached hydrogen (secondary N) is 2. The summed E-state index contributed by atoms with van der Waals surface area (Å²) in [6, 6.07) is 15.0. The molecule has 4 aromatic rings. The van der Waals surface area contributed by atoms with E-state index in [1.807, 2.05) is 36.4 Å². The average Bonchev–Trinajstić information content (AvgIpc) is 3.41. The van der Waals surface area contributed by atoms with Crippen molar-refractivity contribution in [3.05, 3.63) is 72.3 Å². The molecule has 28 heavy (non-hydrogen) atoms. The summed E-state index contributed by atoms with van der Waals surface area (Å²) >= 11 is 0. The molecule has 1 amide bonds. The van der Waals surface area contributed by atoms with Gasteiger partial charge in [-0.25, -0.2) is 9.67 Å². The summed E-state index contributed by atoms with van der Waals surface area (Å²) in [6.07, 6.45) is 4.30. The first-order valence-corrected chi connectivity index (χ1v) is 9.38. The molecule has 7 heteroatoms. The number of aromatic amines is 1. The van der Waals surface area contributed by atoms with Crippen molar-refractivity contribution in [2.24, 2.45) is 5.92 Å². The number of nitrogens with zero attached hydrogens (tertiary/aromatic N) is 4. The number of rotatable bonds is 6. The van der Waals surface area contributed by atoms with Crippen molar-refractivity contribution in [3.8, 4) is 5.69 Å². The molecule has 0 aliphatic heterocycles. The number of H-pyrrole nitrogens is 1. The van der Waals surface area contributed by atoms with E-state index in [1.54, 1.807) is 29.2 Å². The standard InChI is InChI=1S/C21H22N6O/c1-3-14(2)19(20-23-17-6-4-5-7-18(17)24-20)25-21(28)15-8-10-16(11-9-15)27-13-12-22-26-27/h4-14,19H,3H2,1-2H3,(H,23,24)(H,25,28)/t14-,19+/m0/s1. The number of para-hydroxylation sites is 2. The van der Waals surface area contributed by atoms with E-state index in [4.69, 9.17) is 0 Å². The lowest BCUT2D eigenvalue weighted by Gasteiger charge is -2.22. The maximum absolute atomic E-state index is 12.9. The van der Waals surface area contributed by atoms with Gasteiger partial charge in [0.15, 0.2) is 0 Å². The Labute approximate surface area is 162 Å². The lowest BCUT2D eigenvalue weighted by molar-refractivity contribution is 0.0920. The molecule has 0 radical (unpaired) electrons. The number of hydrogen-bond acceptors (Lipinski definition) is 4. The second-order valence-electron chi connectivity index (χ2n) is 6.87. The van der Waals surface area contributed by atoms with Crippen molar-refractivity contribution < 1.29 is 4.79 Å². The minimum absolute atomic E-state index is 0.129. The Bertz CT molecular complexity index is 1030. The lowest BCUT2D eigenvalue weighted by atomic mass is 9.98. The van der Waals surface area contributed by atoms with Crippen LogP contribution in [0.5, 0.6) is 0 Å². The van der Waals surface area contributed by atoms with Crippen molar-refractivity contribution in [2.75, 3.05) is 0 Å². The van der Waals surface area contributed by atoms with Gasteiger partial charge in [0.2, 0.25) is 0 Å². The maximum Gasteiger partial charge on any atom is 0.251 e. The number of benzene rings is 2. The van der Waals surface area contributed by atoms with Crippen molar-refractivity contribution in [3.63, 3.8) is 0 Å². The van der Waals surface area contributed by atoms with Gasteiger partial charge in [0.1, 0.15) is 5.82 Å². The summed E-state index contributed by atoms with van der Waals surface area (Å²) in [6.45, 7) is 4.23. The van der Waals surface area contributed by atoms with Crippen molar-refractivity contribution >= 4 is 16.9 Å². The van der Waals surface area contributed by atoms with E-state index in [0.29, 0.717) is 5.56 Å². The van der Waals surface area contributed by atoms with Crippen molar-refractivity contribution in [1.29, 1.82) is 0 Å². The van der Waals surface area contributed by atoms with Gasteiger partial charge in [0, 0.05) is 5.56 Å². The summed E-state index contributed by atoms with van der Waals surface area (Å²) in [5.74, 6) is 0.887. The third-order valence-electron chi connectivity index (χ3n) is 5.02. The van der Waals surface area contributed by atoms with Gasteiger partial charge in [0.05, 0.1) is 35.2 Å². The van der Waals surface area contributed by atoms with E-state index in [-0.39, 0.29) is 17.9 Å². The molecule has 0 spiro atoms. The fraction of sp³-hybridized carbons (Fsp3) is 0.238. The largest absolute Gasteiger partial charge is 0.342 e. The number of carbonyl (C=O) groups is 1. The normalized spacial score (nSPS) is 13.4. The molecule has 0 bridgehead atoms. The molecule has 142 valence electrons. The number of fused-ring (bicyclic) bond motifs is 1. The van der Waals surface area contributed by atoms with Crippen LogP contribution in [0.1, 0.15) is 42.5 Å². The van der Waals surface area contributed by atoms with Crippen LogP contribution < -0.4 is 5.32 Å². The molecule has 0 saturated heterocycles. The van der Waals surface area contributed by atoms with Gasteiger partial charge in [0.25, 0.3) is 5.91 Å². The van der Waals surface area contributed by atoms with Crippen LogP contribution in [0.3, 0.4) is 0 Å². The van der Waals surface area contributed by atoms with Crippen LogP contribution in [0, 0.1) is 5.92 Å². The Morgan fingerprint density at radius 2 is 1.96 bits per heavy atom. The minimum atomic E-state index is -0.195. The van der Waals surface area contributed by atoms with Gasteiger partial charge < -0.3 is 10.3 Å². The van der Waals surface area contributed by atoms with Crippen LogP contribution in [0.4, 0.5) is 0 Å². The summed E-state index contributed by atoms with van der Waals surface area (Å²) in [4.78, 5) is 20.9. The smallest absolute Gasteiger partial charge is 0.251 e. The third-order valence-corrected chi connectivity index (χ3v) is 5.02. The molecule has 2 aromatic carbocycles. The predicted octanol–water partition coefficient (Wildman–Crippen LogP) is 3.66. The lowest BCUT2D eigenvalue weighted by Crippen LogP contribution is -2.33. The number of amides is 1. The molecule has 2 atom stereocenters.